The van der Waals surface area contributed by atoms with Gasteiger partial charge in [0.25, 0.3) is 0 Å². The monoisotopic (exact) mass is 321 g/mol. The Bertz CT molecular complexity index is 601. The van der Waals surface area contributed by atoms with Gasteiger partial charge in [-0.25, -0.2) is 4.98 Å². The van der Waals surface area contributed by atoms with Gasteiger partial charge in [-0.15, -0.1) is 0 Å². The van der Waals surface area contributed by atoms with Gasteiger partial charge in [-0.1, -0.05) is 6.08 Å². The summed E-state index contributed by atoms with van der Waals surface area (Å²) in [4.78, 5) is 4.25. The number of pyridine rings is 1. The predicted octanol–water partition coefficient (Wildman–Crippen LogP) is 2.50. The fourth-order valence-electron chi connectivity index (χ4n) is 2.18. The SMILES string of the molecule is Cc1nc(N)c(N)cc1C=C(CS)B1OC(C)(C)C(C)(C)O1. The highest BCUT2D eigenvalue weighted by Gasteiger charge is 2.52. The lowest BCUT2D eigenvalue weighted by atomic mass is 9.78. The zero-order valence-corrected chi connectivity index (χ0v) is 14.7. The topological polar surface area (TPSA) is 83.4 Å². The van der Waals surface area contributed by atoms with Gasteiger partial charge in [0, 0.05) is 11.4 Å². The maximum atomic E-state index is 6.07. The van der Waals surface area contributed by atoms with Gasteiger partial charge in [0.05, 0.1) is 16.9 Å². The summed E-state index contributed by atoms with van der Waals surface area (Å²) in [6.07, 6.45) is 1.97. The van der Waals surface area contributed by atoms with Crippen LogP contribution in [-0.4, -0.2) is 29.1 Å². The van der Waals surface area contributed by atoms with Crippen molar-refractivity contribution in [2.75, 3.05) is 17.2 Å². The molecule has 0 atom stereocenters. The maximum Gasteiger partial charge on any atom is 0.491 e. The van der Waals surface area contributed by atoms with Gasteiger partial charge in [-0.05, 0) is 51.7 Å². The minimum Gasteiger partial charge on any atom is -0.400 e. The van der Waals surface area contributed by atoms with E-state index < -0.39 is 7.12 Å². The third-order valence-electron chi connectivity index (χ3n) is 4.39. The van der Waals surface area contributed by atoms with E-state index in [4.69, 9.17) is 20.8 Å². The molecule has 120 valence electrons. The van der Waals surface area contributed by atoms with Gasteiger partial charge in [-0.2, -0.15) is 12.6 Å². The summed E-state index contributed by atoms with van der Waals surface area (Å²) < 4.78 is 12.1. The quantitative estimate of drug-likeness (QED) is 0.588. The van der Waals surface area contributed by atoms with Crippen molar-refractivity contribution in [2.24, 2.45) is 0 Å². The average Bonchev–Trinajstić information content (AvgIpc) is 2.61. The molecule has 7 heteroatoms. The van der Waals surface area contributed by atoms with Crippen LogP contribution in [-0.2, 0) is 9.31 Å². The van der Waals surface area contributed by atoms with Gasteiger partial charge in [0.2, 0.25) is 0 Å². The number of anilines is 2. The Hall–Kier alpha value is -1.18. The summed E-state index contributed by atoms with van der Waals surface area (Å²) >= 11 is 4.41. The van der Waals surface area contributed by atoms with E-state index in [2.05, 4.69) is 17.6 Å². The Morgan fingerprint density at radius 2 is 1.82 bits per heavy atom. The van der Waals surface area contributed by atoms with E-state index in [9.17, 15) is 0 Å². The molecule has 0 saturated carbocycles. The van der Waals surface area contributed by atoms with Crippen molar-refractivity contribution < 1.29 is 9.31 Å². The Morgan fingerprint density at radius 3 is 2.32 bits per heavy atom. The van der Waals surface area contributed by atoms with E-state index in [-0.39, 0.29) is 11.2 Å². The van der Waals surface area contributed by atoms with Crippen LogP contribution >= 0.6 is 12.6 Å². The van der Waals surface area contributed by atoms with E-state index in [1.165, 1.54) is 0 Å². The van der Waals surface area contributed by atoms with Crippen LogP contribution in [0.25, 0.3) is 6.08 Å². The van der Waals surface area contributed by atoms with Gasteiger partial charge in [0.15, 0.2) is 0 Å². The molecule has 0 amide bonds. The smallest absolute Gasteiger partial charge is 0.400 e. The van der Waals surface area contributed by atoms with Crippen LogP contribution in [0.3, 0.4) is 0 Å². The summed E-state index contributed by atoms with van der Waals surface area (Å²) in [7, 11) is -0.430. The molecule has 0 spiro atoms. The molecule has 0 radical (unpaired) electrons. The number of aromatic nitrogens is 1. The largest absolute Gasteiger partial charge is 0.491 e. The Labute approximate surface area is 138 Å². The summed E-state index contributed by atoms with van der Waals surface area (Å²) in [5, 5.41) is 0. The van der Waals surface area contributed by atoms with E-state index in [0.717, 1.165) is 16.7 Å². The molecule has 2 rings (SSSR count). The van der Waals surface area contributed by atoms with Gasteiger partial charge in [-0.3, -0.25) is 0 Å². The molecule has 1 aromatic heterocycles. The molecule has 1 saturated heterocycles. The van der Waals surface area contributed by atoms with Crippen molar-refractivity contribution in [3.8, 4) is 0 Å². The molecular weight excluding hydrogens is 297 g/mol. The molecule has 1 aliphatic rings. The van der Waals surface area contributed by atoms with Crippen LogP contribution < -0.4 is 11.5 Å². The third-order valence-corrected chi connectivity index (χ3v) is 4.76. The standard InChI is InChI=1S/C15H24BN3O2S/c1-9-10(7-12(17)13(18)19-9)6-11(8-22)16-20-14(2,3)15(4,5)21-16/h6-7,22H,8,17H2,1-5H3,(H2,18,19). The number of aryl methyl sites for hydroxylation is 1. The van der Waals surface area contributed by atoms with Crippen molar-refractivity contribution in [1.29, 1.82) is 0 Å². The van der Waals surface area contributed by atoms with Crippen molar-refractivity contribution in [2.45, 2.75) is 45.8 Å². The highest BCUT2D eigenvalue weighted by atomic mass is 32.1. The summed E-state index contributed by atoms with van der Waals surface area (Å²) in [5.41, 5.74) is 13.9. The minimum absolute atomic E-state index is 0.345. The lowest BCUT2D eigenvalue weighted by Gasteiger charge is -2.32. The predicted molar refractivity (Wildman–Crippen MR) is 95.7 cm³/mol. The second-order valence-electron chi connectivity index (χ2n) is 6.60. The molecule has 1 aromatic rings. The number of hydrogen-bond donors (Lipinski definition) is 3. The number of thiol groups is 1. The maximum absolute atomic E-state index is 6.07. The lowest BCUT2D eigenvalue weighted by Crippen LogP contribution is -2.41. The molecule has 4 N–H and O–H groups in total. The highest BCUT2D eigenvalue weighted by Crippen LogP contribution is 2.39. The third kappa shape index (κ3) is 3.11. The van der Waals surface area contributed by atoms with Crippen LogP contribution in [0.1, 0.15) is 39.0 Å². The Kier molecular flexibility index (Phi) is 4.52. The Morgan fingerprint density at radius 1 is 1.27 bits per heavy atom. The number of nitrogen functional groups attached to an aromatic ring is 2. The highest BCUT2D eigenvalue weighted by molar-refractivity contribution is 7.80. The first kappa shape index (κ1) is 17.2. The molecule has 1 aliphatic heterocycles. The van der Waals surface area contributed by atoms with E-state index >= 15 is 0 Å². The minimum atomic E-state index is -0.430. The molecule has 0 unspecified atom stereocenters. The van der Waals surface area contributed by atoms with E-state index in [1.807, 2.05) is 46.8 Å². The first-order chi connectivity index (χ1) is 10.1. The number of nitrogens with zero attached hydrogens (tertiary/aromatic N) is 1. The van der Waals surface area contributed by atoms with Crippen LogP contribution in [0, 0.1) is 6.92 Å². The zero-order chi connectivity index (χ0) is 16.7. The molecule has 0 aromatic carbocycles. The normalized spacial score (nSPS) is 20.5. The van der Waals surface area contributed by atoms with Crippen LogP contribution in [0.4, 0.5) is 11.5 Å². The van der Waals surface area contributed by atoms with Gasteiger partial charge in [0.1, 0.15) is 5.82 Å². The molecule has 0 aliphatic carbocycles. The van der Waals surface area contributed by atoms with Crippen LogP contribution in [0.5, 0.6) is 0 Å². The average molecular weight is 321 g/mol. The lowest BCUT2D eigenvalue weighted by molar-refractivity contribution is 0.00578. The van der Waals surface area contributed by atoms with Crippen molar-refractivity contribution >= 4 is 37.3 Å². The zero-order valence-electron chi connectivity index (χ0n) is 13.8. The molecule has 5 nitrogen and oxygen atoms in total. The van der Waals surface area contributed by atoms with E-state index in [1.54, 1.807) is 0 Å². The van der Waals surface area contributed by atoms with E-state index in [0.29, 0.717) is 17.3 Å². The summed E-state index contributed by atoms with van der Waals surface area (Å²) in [5.74, 6) is 0.860. The van der Waals surface area contributed by atoms with Crippen LogP contribution in [0.15, 0.2) is 11.5 Å². The Balaban J connectivity index is 2.36. The molecule has 1 fully saturated rings. The summed E-state index contributed by atoms with van der Waals surface area (Å²) in [6.45, 7) is 9.99. The molecule has 22 heavy (non-hydrogen) atoms. The second kappa shape index (κ2) is 5.79. The van der Waals surface area contributed by atoms with Gasteiger partial charge >= 0.3 is 7.12 Å². The van der Waals surface area contributed by atoms with Gasteiger partial charge < -0.3 is 20.8 Å². The first-order valence-corrected chi connectivity index (χ1v) is 7.90. The molecule has 2 heterocycles. The summed E-state index contributed by atoms with van der Waals surface area (Å²) in [6, 6.07) is 1.81. The number of nitrogens with two attached hydrogens (primary N) is 2. The van der Waals surface area contributed by atoms with Crippen molar-refractivity contribution in [3.63, 3.8) is 0 Å². The fraction of sp³-hybridized carbons (Fsp3) is 0.533. The fourth-order valence-corrected chi connectivity index (χ4v) is 2.42. The number of rotatable bonds is 3. The first-order valence-electron chi connectivity index (χ1n) is 7.27. The van der Waals surface area contributed by atoms with Crippen molar-refractivity contribution in [3.05, 3.63) is 22.8 Å². The number of hydrogen-bond acceptors (Lipinski definition) is 6. The molecular formula is C15H24BN3O2S. The van der Waals surface area contributed by atoms with Crippen molar-refractivity contribution in [1.82, 2.24) is 4.98 Å². The van der Waals surface area contributed by atoms with Crippen LogP contribution in [0.2, 0.25) is 0 Å². The second-order valence-corrected chi connectivity index (χ2v) is 6.92. The molecule has 0 bridgehead atoms.